The van der Waals surface area contributed by atoms with E-state index in [0.29, 0.717) is 12.5 Å². The Balaban J connectivity index is 1.87. The lowest BCUT2D eigenvalue weighted by Crippen LogP contribution is -2.45. The molecule has 0 bridgehead atoms. The number of nitrogens with zero attached hydrogens (tertiary/aromatic N) is 2. The standard InChI is InChI=1S/C16H28N2O2/c1-17(14-9-5-2-3-6-10-14)16(20)13-18-12-8-4-7-11-15(18)19/h14H,2-13H2,1H3. The predicted molar refractivity (Wildman–Crippen MR) is 79.3 cm³/mol. The summed E-state index contributed by atoms with van der Waals surface area (Å²) in [6, 6.07) is 0.382. The molecule has 2 aliphatic rings. The first-order valence-electron chi connectivity index (χ1n) is 8.22. The number of rotatable bonds is 3. The molecule has 2 fully saturated rings. The fourth-order valence-electron chi connectivity index (χ4n) is 3.33. The number of amides is 2. The molecule has 0 N–H and O–H groups in total. The molecule has 2 amide bonds. The molecule has 1 saturated carbocycles. The molecular weight excluding hydrogens is 252 g/mol. The molecule has 0 aromatic rings. The maximum atomic E-state index is 12.4. The third kappa shape index (κ3) is 4.22. The summed E-state index contributed by atoms with van der Waals surface area (Å²) in [5, 5.41) is 0. The van der Waals surface area contributed by atoms with Gasteiger partial charge in [0.15, 0.2) is 0 Å². The Morgan fingerprint density at radius 3 is 2.45 bits per heavy atom. The summed E-state index contributed by atoms with van der Waals surface area (Å²) < 4.78 is 0. The second kappa shape index (κ2) is 7.65. The molecule has 2 rings (SSSR count). The summed E-state index contributed by atoms with van der Waals surface area (Å²) in [5.41, 5.74) is 0. The minimum Gasteiger partial charge on any atom is -0.341 e. The van der Waals surface area contributed by atoms with E-state index in [0.717, 1.165) is 38.6 Å². The Hall–Kier alpha value is -1.06. The van der Waals surface area contributed by atoms with E-state index in [1.165, 1.54) is 25.7 Å². The third-order valence-electron chi connectivity index (χ3n) is 4.76. The lowest BCUT2D eigenvalue weighted by molar-refractivity contribution is -0.140. The summed E-state index contributed by atoms with van der Waals surface area (Å²) >= 11 is 0. The van der Waals surface area contributed by atoms with Crippen LogP contribution in [0.15, 0.2) is 0 Å². The van der Waals surface area contributed by atoms with Crippen molar-refractivity contribution in [2.75, 3.05) is 20.1 Å². The summed E-state index contributed by atoms with van der Waals surface area (Å²) in [7, 11) is 1.92. The van der Waals surface area contributed by atoms with E-state index in [4.69, 9.17) is 0 Å². The topological polar surface area (TPSA) is 40.6 Å². The van der Waals surface area contributed by atoms with Crippen molar-refractivity contribution in [3.63, 3.8) is 0 Å². The SMILES string of the molecule is CN(C(=O)CN1CCCCCC1=O)C1CCCCCC1. The Bertz CT molecular complexity index is 335. The van der Waals surface area contributed by atoms with Gasteiger partial charge in [0, 0.05) is 26.1 Å². The van der Waals surface area contributed by atoms with Crippen molar-refractivity contribution in [3.05, 3.63) is 0 Å². The number of carbonyl (C=O) groups excluding carboxylic acids is 2. The Labute approximate surface area is 122 Å². The van der Waals surface area contributed by atoms with Crippen molar-refractivity contribution in [3.8, 4) is 0 Å². The van der Waals surface area contributed by atoms with Gasteiger partial charge in [0.25, 0.3) is 0 Å². The maximum absolute atomic E-state index is 12.4. The zero-order valence-corrected chi connectivity index (χ0v) is 12.8. The quantitative estimate of drug-likeness (QED) is 0.746. The van der Waals surface area contributed by atoms with Gasteiger partial charge in [-0.05, 0) is 25.7 Å². The van der Waals surface area contributed by atoms with Gasteiger partial charge in [-0.15, -0.1) is 0 Å². The second-order valence-corrected chi connectivity index (χ2v) is 6.28. The molecule has 0 spiro atoms. The lowest BCUT2D eigenvalue weighted by atomic mass is 10.1. The van der Waals surface area contributed by atoms with Gasteiger partial charge in [-0.3, -0.25) is 9.59 Å². The summed E-state index contributed by atoms with van der Waals surface area (Å²) in [6.07, 6.45) is 11.0. The van der Waals surface area contributed by atoms with Crippen LogP contribution in [-0.2, 0) is 9.59 Å². The van der Waals surface area contributed by atoms with Gasteiger partial charge in [-0.25, -0.2) is 0 Å². The summed E-state index contributed by atoms with van der Waals surface area (Å²) in [4.78, 5) is 28.0. The number of likely N-dealkylation sites (tertiary alicyclic amines) is 1. The maximum Gasteiger partial charge on any atom is 0.242 e. The smallest absolute Gasteiger partial charge is 0.242 e. The van der Waals surface area contributed by atoms with Crippen molar-refractivity contribution in [2.45, 2.75) is 70.3 Å². The highest BCUT2D eigenvalue weighted by Gasteiger charge is 2.25. The average Bonchev–Trinajstić information content (AvgIpc) is 2.82. The van der Waals surface area contributed by atoms with Crippen molar-refractivity contribution in [1.29, 1.82) is 0 Å². The zero-order chi connectivity index (χ0) is 14.4. The van der Waals surface area contributed by atoms with Gasteiger partial charge >= 0.3 is 0 Å². The van der Waals surface area contributed by atoms with Gasteiger partial charge < -0.3 is 9.80 Å². The molecule has 20 heavy (non-hydrogen) atoms. The minimum atomic E-state index is 0.118. The number of likely N-dealkylation sites (N-methyl/N-ethyl adjacent to an activating group) is 1. The highest BCUT2D eigenvalue weighted by atomic mass is 16.2. The van der Waals surface area contributed by atoms with Crippen LogP contribution >= 0.6 is 0 Å². The molecule has 0 aromatic heterocycles. The molecule has 1 heterocycles. The molecule has 0 radical (unpaired) electrons. The van der Waals surface area contributed by atoms with Crippen LogP contribution in [0.2, 0.25) is 0 Å². The van der Waals surface area contributed by atoms with Gasteiger partial charge in [0.1, 0.15) is 0 Å². The highest BCUT2D eigenvalue weighted by Crippen LogP contribution is 2.21. The molecule has 114 valence electrons. The molecule has 1 saturated heterocycles. The van der Waals surface area contributed by atoms with Gasteiger partial charge in [-0.2, -0.15) is 0 Å². The average molecular weight is 280 g/mol. The third-order valence-corrected chi connectivity index (χ3v) is 4.76. The Kier molecular flexibility index (Phi) is 5.86. The Morgan fingerprint density at radius 2 is 1.75 bits per heavy atom. The van der Waals surface area contributed by atoms with Crippen molar-refractivity contribution in [2.24, 2.45) is 0 Å². The van der Waals surface area contributed by atoms with E-state index in [9.17, 15) is 9.59 Å². The fraction of sp³-hybridized carbons (Fsp3) is 0.875. The monoisotopic (exact) mass is 280 g/mol. The van der Waals surface area contributed by atoms with Crippen LogP contribution < -0.4 is 0 Å². The molecule has 1 aliphatic heterocycles. The van der Waals surface area contributed by atoms with Crippen LogP contribution in [0.25, 0.3) is 0 Å². The van der Waals surface area contributed by atoms with E-state index >= 15 is 0 Å². The van der Waals surface area contributed by atoms with Crippen LogP contribution in [0.5, 0.6) is 0 Å². The summed E-state index contributed by atoms with van der Waals surface area (Å²) in [5.74, 6) is 0.275. The number of hydrogen-bond donors (Lipinski definition) is 0. The molecule has 0 aromatic carbocycles. The largest absolute Gasteiger partial charge is 0.341 e. The molecule has 4 heteroatoms. The van der Waals surface area contributed by atoms with E-state index in [-0.39, 0.29) is 18.4 Å². The Morgan fingerprint density at radius 1 is 1.10 bits per heavy atom. The van der Waals surface area contributed by atoms with Crippen LogP contribution in [0.1, 0.15) is 64.2 Å². The minimum absolute atomic E-state index is 0.118. The van der Waals surface area contributed by atoms with Crippen LogP contribution in [-0.4, -0.2) is 47.8 Å². The van der Waals surface area contributed by atoms with Crippen molar-refractivity contribution in [1.82, 2.24) is 9.80 Å². The molecule has 0 atom stereocenters. The van der Waals surface area contributed by atoms with Crippen molar-refractivity contribution < 1.29 is 9.59 Å². The van der Waals surface area contributed by atoms with Gasteiger partial charge in [0.05, 0.1) is 6.54 Å². The summed E-state index contributed by atoms with van der Waals surface area (Å²) in [6.45, 7) is 1.04. The molecule has 4 nitrogen and oxygen atoms in total. The van der Waals surface area contributed by atoms with E-state index in [1.807, 2.05) is 11.9 Å². The highest BCUT2D eigenvalue weighted by molar-refractivity contribution is 5.85. The second-order valence-electron chi connectivity index (χ2n) is 6.28. The van der Waals surface area contributed by atoms with Gasteiger partial charge in [-0.1, -0.05) is 32.1 Å². The number of carbonyl (C=O) groups is 2. The fourth-order valence-corrected chi connectivity index (χ4v) is 3.33. The van der Waals surface area contributed by atoms with Crippen LogP contribution in [0.4, 0.5) is 0 Å². The first-order chi connectivity index (χ1) is 9.68. The predicted octanol–water partition coefficient (Wildman–Crippen LogP) is 2.57. The van der Waals surface area contributed by atoms with Crippen LogP contribution in [0, 0.1) is 0 Å². The molecular formula is C16H28N2O2. The van der Waals surface area contributed by atoms with E-state index < -0.39 is 0 Å². The first-order valence-corrected chi connectivity index (χ1v) is 8.22. The molecule has 1 aliphatic carbocycles. The normalized spacial score (nSPS) is 22.2. The van der Waals surface area contributed by atoms with Crippen molar-refractivity contribution >= 4 is 11.8 Å². The van der Waals surface area contributed by atoms with E-state index in [1.54, 1.807) is 4.90 Å². The van der Waals surface area contributed by atoms with Gasteiger partial charge in [0.2, 0.25) is 11.8 Å². The molecule has 0 unspecified atom stereocenters. The van der Waals surface area contributed by atoms with Crippen LogP contribution in [0.3, 0.4) is 0 Å². The lowest BCUT2D eigenvalue weighted by Gasteiger charge is -2.30. The number of hydrogen-bond acceptors (Lipinski definition) is 2. The van der Waals surface area contributed by atoms with E-state index in [2.05, 4.69) is 0 Å². The zero-order valence-electron chi connectivity index (χ0n) is 12.8. The first kappa shape index (κ1) is 15.3.